The second kappa shape index (κ2) is 13.0. The highest BCUT2D eigenvalue weighted by Crippen LogP contribution is 2.16. The molecule has 0 spiro atoms. The van der Waals surface area contributed by atoms with Gasteiger partial charge in [0, 0.05) is 44.4 Å². The van der Waals surface area contributed by atoms with Crippen LogP contribution in [0.15, 0.2) is 27.8 Å². The van der Waals surface area contributed by atoms with Crippen LogP contribution in [0.1, 0.15) is 55.8 Å². The maximum absolute atomic E-state index is 5.86. The highest BCUT2D eigenvalue weighted by atomic mass is 127. The summed E-state index contributed by atoms with van der Waals surface area (Å²) in [5.41, 5.74) is 3.65. The molecule has 1 unspecified atom stereocenters. The molecule has 0 aliphatic carbocycles. The van der Waals surface area contributed by atoms with Gasteiger partial charge < -0.3 is 19.8 Å². The lowest BCUT2D eigenvalue weighted by Gasteiger charge is -2.23. The van der Waals surface area contributed by atoms with E-state index in [1.165, 1.54) is 24.1 Å². The molecule has 3 rings (SSSR count). The van der Waals surface area contributed by atoms with Gasteiger partial charge in [0.1, 0.15) is 5.76 Å². The summed E-state index contributed by atoms with van der Waals surface area (Å²) in [6, 6.07) is 3.92. The number of ether oxygens (including phenoxy) is 1. The Kier molecular flexibility index (Phi) is 10.7. The Morgan fingerprint density at radius 2 is 2.13 bits per heavy atom. The molecule has 0 amide bonds. The molecule has 7 nitrogen and oxygen atoms in total. The highest BCUT2D eigenvalue weighted by Gasteiger charge is 2.16. The van der Waals surface area contributed by atoms with Gasteiger partial charge in [0.25, 0.3) is 0 Å². The van der Waals surface area contributed by atoms with Gasteiger partial charge in [-0.2, -0.15) is 5.10 Å². The van der Waals surface area contributed by atoms with Crippen LogP contribution in [0, 0.1) is 0 Å². The van der Waals surface area contributed by atoms with E-state index >= 15 is 0 Å². The van der Waals surface area contributed by atoms with Crippen LogP contribution in [0.2, 0.25) is 0 Å². The number of nitrogens with zero attached hydrogens (tertiary/aromatic N) is 3. The van der Waals surface area contributed by atoms with Crippen molar-refractivity contribution in [3.05, 3.63) is 41.1 Å². The van der Waals surface area contributed by atoms with Gasteiger partial charge >= 0.3 is 0 Å². The number of halogens is 1. The van der Waals surface area contributed by atoms with Crippen molar-refractivity contribution in [2.45, 2.75) is 65.0 Å². The van der Waals surface area contributed by atoms with E-state index in [4.69, 9.17) is 14.1 Å². The number of furan rings is 1. The number of guanidine groups is 1. The topological polar surface area (TPSA) is 76.6 Å². The van der Waals surface area contributed by atoms with Crippen LogP contribution in [-0.2, 0) is 37.6 Å². The maximum Gasteiger partial charge on any atom is 0.191 e. The predicted octanol–water partition coefficient (Wildman–Crippen LogP) is 3.60. The fraction of sp³-hybridized carbons (Fsp3) is 0.636. The number of aryl methyl sites for hydroxylation is 2. The summed E-state index contributed by atoms with van der Waals surface area (Å²) < 4.78 is 13.3. The fourth-order valence-corrected chi connectivity index (χ4v) is 3.84. The Morgan fingerprint density at radius 3 is 2.80 bits per heavy atom. The lowest BCUT2D eigenvalue weighted by Crippen LogP contribution is -2.43. The van der Waals surface area contributed by atoms with Crippen LogP contribution in [0.3, 0.4) is 0 Å². The molecule has 1 saturated heterocycles. The zero-order valence-corrected chi connectivity index (χ0v) is 20.8. The third kappa shape index (κ3) is 7.01. The summed E-state index contributed by atoms with van der Waals surface area (Å²) in [5, 5.41) is 11.6. The van der Waals surface area contributed by atoms with E-state index in [9.17, 15) is 0 Å². The molecule has 0 bridgehead atoms. The Labute approximate surface area is 197 Å². The van der Waals surface area contributed by atoms with Crippen LogP contribution >= 0.6 is 24.0 Å². The molecule has 2 aromatic rings. The molecule has 2 N–H and O–H groups in total. The third-order valence-electron chi connectivity index (χ3n) is 5.44. The number of aromatic nitrogens is 2. The maximum atomic E-state index is 5.86. The van der Waals surface area contributed by atoms with Gasteiger partial charge in [0.15, 0.2) is 5.96 Å². The Hall–Kier alpha value is -1.55. The van der Waals surface area contributed by atoms with Gasteiger partial charge in [-0.3, -0.25) is 4.68 Å². The van der Waals surface area contributed by atoms with Crippen LogP contribution in [0.5, 0.6) is 0 Å². The van der Waals surface area contributed by atoms with Crippen molar-refractivity contribution in [2.75, 3.05) is 19.7 Å². The fourth-order valence-electron chi connectivity index (χ4n) is 3.84. The van der Waals surface area contributed by atoms with Crippen molar-refractivity contribution in [1.29, 1.82) is 0 Å². The first-order valence-electron chi connectivity index (χ1n) is 10.9. The standard InChI is InChI=1S/C22H35N5O2.HI/c1-4-20-19(21(5-2)27(3)26-20)16-25-22(23-12-11-17-10-8-14-28-17)24-15-18-9-6-7-13-29-18;/h8,10,14,18H,4-7,9,11-13,15-16H2,1-3H3,(H2,23,24,25);1H. The minimum absolute atomic E-state index is 0. The summed E-state index contributed by atoms with van der Waals surface area (Å²) in [6.07, 6.45) is 8.18. The van der Waals surface area contributed by atoms with E-state index in [0.717, 1.165) is 62.8 Å². The molecule has 168 valence electrons. The second-order valence-electron chi connectivity index (χ2n) is 7.49. The smallest absolute Gasteiger partial charge is 0.191 e. The van der Waals surface area contributed by atoms with E-state index in [1.807, 2.05) is 23.9 Å². The summed E-state index contributed by atoms with van der Waals surface area (Å²) in [7, 11) is 2.02. The number of nitrogens with one attached hydrogen (secondary N) is 2. The largest absolute Gasteiger partial charge is 0.469 e. The lowest BCUT2D eigenvalue weighted by molar-refractivity contribution is 0.0194. The van der Waals surface area contributed by atoms with Gasteiger partial charge in [-0.1, -0.05) is 13.8 Å². The summed E-state index contributed by atoms with van der Waals surface area (Å²) >= 11 is 0. The van der Waals surface area contributed by atoms with E-state index in [1.54, 1.807) is 6.26 Å². The van der Waals surface area contributed by atoms with Gasteiger partial charge in [-0.05, 0) is 44.2 Å². The molecule has 1 fully saturated rings. The average Bonchev–Trinajstić information content (AvgIpc) is 3.37. The number of aliphatic imine (C=N–C) groups is 1. The molecular formula is C22H36IN5O2. The molecule has 3 heterocycles. The van der Waals surface area contributed by atoms with E-state index in [-0.39, 0.29) is 30.1 Å². The summed E-state index contributed by atoms with van der Waals surface area (Å²) in [6.45, 7) is 7.35. The highest BCUT2D eigenvalue weighted by molar-refractivity contribution is 14.0. The van der Waals surface area contributed by atoms with Crippen molar-refractivity contribution < 1.29 is 9.15 Å². The second-order valence-corrected chi connectivity index (χ2v) is 7.49. The molecule has 0 saturated carbocycles. The van der Waals surface area contributed by atoms with Crippen LogP contribution in [0.4, 0.5) is 0 Å². The van der Waals surface area contributed by atoms with Crippen LogP contribution in [0.25, 0.3) is 0 Å². The van der Waals surface area contributed by atoms with Crippen molar-refractivity contribution >= 4 is 29.9 Å². The zero-order chi connectivity index (χ0) is 20.5. The molecule has 8 heteroatoms. The third-order valence-corrected chi connectivity index (χ3v) is 5.44. The molecular weight excluding hydrogens is 493 g/mol. The summed E-state index contributed by atoms with van der Waals surface area (Å²) in [5.74, 6) is 1.79. The van der Waals surface area contributed by atoms with Crippen molar-refractivity contribution in [3.8, 4) is 0 Å². The molecule has 1 atom stereocenters. The first kappa shape index (κ1) is 24.7. The van der Waals surface area contributed by atoms with Gasteiger partial charge in [0.2, 0.25) is 0 Å². The number of rotatable bonds is 9. The van der Waals surface area contributed by atoms with Gasteiger partial charge in [0.05, 0.1) is 24.6 Å². The van der Waals surface area contributed by atoms with E-state index < -0.39 is 0 Å². The first-order chi connectivity index (χ1) is 14.2. The quantitative estimate of drug-likeness (QED) is 0.295. The molecule has 0 radical (unpaired) electrons. The average molecular weight is 529 g/mol. The predicted molar refractivity (Wildman–Crippen MR) is 131 cm³/mol. The monoisotopic (exact) mass is 529 g/mol. The normalized spacial score (nSPS) is 16.9. The van der Waals surface area contributed by atoms with Crippen molar-refractivity contribution in [1.82, 2.24) is 20.4 Å². The van der Waals surface area contributed by atoms with Crippen LogP contribution in [-0.4, -0.2) is 41.5 Å². The minimum Gasteiger partial charge on any atom is -0.469 e. The van der Waals surface area contributed by atoms with Crippen molar-refractivity contribution in [3.63, 3.8) is 0 Å². The summed E-state index contributed by atoms with van der Waals surface area (Å²) in [4.78, 5) is 4.88. The van der Waals surface area contributed by atoms with E-state index in [2.05, 4.69) is 29.6 Å². The van der Waals surface area contributed by atoms with E-state index in [0.29, 0.717) is 6.54 Å². The first-order valence-corrected chi connectivity index (χ1v) is 10.9. The zero-order valence-electron chi connectivity index (χ0n) is 18.4. The molecule has 0 aromatic carbocycles. The number of hydrogen-bond acceptors (Lipinski definition) is 4. The number of hydrogen-bond donors (Lipinski definition) is 2. The van der Waals surface area contributed by atoms with Gasteiger partial charge in [-0.15, -0.1) is 24.0 Å². The molecule has 2 aromatic heterocycles. The Balaban J connectivity index is 0.00000320. The van der Waals surface area contributed by atoms with Crippen molar-refractivity contribution in [2.24, 2.45) is 12.0 Å². The molecule has 30 heavy (non-hydrogen) atoms. The van der Waals surface area contributed by atoms with Gasteiger partial charge in [-0.25, -0.2) is 4.99 Å². The Morgan fingerprint density at radius 1 is 1.27 bits per heavy atom. The Bertz CT molecular complexity index is 767. The molecule has 1 aliphatic heterocycles. The SMILES string of the molecule is CCc1nn(C)c(CC)c1CN=C(NCCc1ccco1)NCC1CCCCO1.I. The minimum atomic E-state index is 0. The lowest BCUT2D eigenvalue weighted by atomic mass is 10.1. The molecule has 1 aliphatic rings. The van der Waals surface area contributed by atoms with Crippen LogP contribution < -0.4 is 10.6 Å².